The van der Waals surface area contributed by atoms with Gasteiger partial charge in [0.15, 0.2) is 5.78 Å². The predicted octanol–water partition coefficient (Wildman–Crippen LogP) is 2.56. The highest BCUT2D eigenvalue weighted by Gasteiger charge is 2.51. The summed E-state index contributed by atoms with van der Waals surface area (Å²) in [4.78, 5) is 38.8. The lowest BCUT2D eigenvalue weighted by molar-refractivity contribution is -0.132. The van der Waals surface area contributed by atoms with Crippen LogP contribution in [-0.4, -0.2) is 39.3 Å². The predicted molar refractivity (Wildman–Crippen MR) is 90.0 cm³/mol. The summed E-state index contributed by atoms with van der Waals surface area (Å²) < 4.78 is 2.06. The molecule has 1 saturated heterocycles. The van der Waals surface area contributed by atoms with Crippen LogP contribution in [0.3, 0.4) is 0 Å². The molecule has 1 saturated carbocycles. The van der Waals surface area contributed by atoms with Crippen LogP contribution in [0.15, 0.2) is 6.07 Å². The molecule has 1 spiro atoms. The summed E-state index contributed by atoms with van der Waals surface area (Å²) in [5.74, 6) is -0.413. The summed E-state index contributed by atoms with van der Waals surface area (Å²) >= 11 is 0. The molecule has 2 fully saturated rings. The van der Waals surface area contributed by atoms with Crippen LogP contribution in [0.5, 0.6) is 0 Å². The number of rotatable bonds is 4. The zero-order valence-corrected chi connectivity index (χ0v) is 14.6. The van der Waals surface area contributed by atoms with E-state index in [-0.39, 0.29) is 18.2 Å². The summed E-state index contributed by atoms with van der Waals surface area (Å²) in [6.07, 6.45) is 4.31. The standard InChI is InChI=1S/C18H25N3O3/c1-4-20-12(2)10-14(13(20)3)15(22)11-21-16(23)18(19-17(21)24)8-6-5-7-9-18/h10H,4-9,11H2,1-3H3,(H,19,24). The molecular formula is C18H25N3O3. The molecule has 0 radical (unpaired) electrons. The third-order valence-corrected chi connectivity index (χ3v) is 5.45. The lowest BCUT2D eigenvalue weighted by Crippen LogP contribution is -2.48. The second kappa shape index (κ2) is 6.07. The molecule has 2 aliphatic rings. The Bertz CT molecular complexity index is 699. The number of urea groups is 1. The summed E-state index contributed by atoms with van der Waals surface area (Å²) in [6, 6.07) is 1.41. The number of nitrogens with zero attached hydrogens (tertiary/aromatic N) is 2. The zero-order chi connectivity index (χ0) is 17.5. The van der Waals surface area contributed by atoms with Gasteiger partial charge in [-0.05, 0) is 39.7 Å². The average Bonchev–Trinajstić information content (AvgIpc) is 2.96. The summed E-state index contributed by atoms with van der Waals surface area (Å²) in [5, 5.41) is 2.85. The van der Waals surface area contributed by atoms with Crippen LogP contribution in [0.2, 0.25) is 0 Å². The smallest absolute Gasteiger partial charge is 0.325 e. The molecule has 0 aromatic carbocycles. The van der Waals surface area contributed by atoms with Gasteiger partial charge in [-0.3, -0.25) is 14.5 Å². The van der Waals surface area contributed by atoms with Crippen molar-refractivity contribution in [3.8, 4) is 0 Å². The molecule has 3 amide bonds. The first-order valence-electron chi connectivity index (χ1n) is 8.73. The van der Waals surface area contributed by atoms with Gasteiger partial charge in [0, 0.05) is 23.5 Å². The quantitative estimate of drug-likeness (QED) is 0.681. The Balaban J connectivity index is 1.79. The number of hydrogen-bond acceptors (Lipinski definition) is 3. The molecule has 1 aromatic heterocycles. The van der Waals surface area contributed by atoms with Crippen LogP contribution in [0.4, 0.5) is 4.79 Å². The zero-order valence-electron chi connectivity index (χ0n) is 14.6. The van der Waals surface area contributed by atoms with Gasteiger partial charge in [0.2, 0.25) is 0 Å². The molecule has 6 heteroatoms. The Hall–Kier alpha value is -2.11. The third-order valence-electron chi connectivity index (χ3n) is 5.45. The van der Waals surface area contributed by atoms with Crippen molar-refractivity contribution in [2.24, 2.45) is 0 Å². The van der Waals surface area contributed by atoms with E-state index in [0.29, 0.717) is 18.4 Å². The number of nitrogens with one attached hydrogen (secondary N) is 1. The van der Waals surface area contributed by atoms with Gasteiger partial charge < -0.3 is 9.88 Å². The molecule has 0 unspecified atom stereocenters. The van der Waals surface area contributed by atoms with E-state index in [1.807, 2.05) is 26.8 Å². The number of Topliss-reactive ketones (excluding diaryl/α,β-unsaturated/α-hetero) is 1. The number of imide groups is 1. The van der Waals surface area contributed by atoms with E-state index < -0.39 is 11.6 Å². The monoisotopic (exact) mass is 331 g/mol. The molecule has 0 atom stereocenters. The number of carbonyl (C=O) groups excluding carboxylic acids is 3. The first kappa shape index (κ1) is 16.7. The van der Waals surface area contributed by atoms with E-state index in [9.17, 15) is 14.4 Å². The van der Waals surface area contributed by atoms with Gasteiger partial charge >= 0.3 is 6.03 Å². The first-order chi connectivity index (χ1) is 11.4. The number of hydrogen-bond donors (Lipinski definition) is 1. The van der Waals surface area contributed by atoms with Crippen LogP contribution in [-0.2, 0) is 11.3 Å². The molecule has 1 aliphatic carbocycles. The molecule has 1 aromatic rings. The minimum Gasteiger partial charge on any atom is -0.349 e. The molecule has 0 bridgehead atoms. The Morgan fingerprint density at radius 2 is 1.88 bits per heavy atom. The Morgan fingerprint density at radius 3 is 2.46 bits per heavy atom. The fourth-order valence-electron chi connectivity index (χ4n) is 4.11. The van der Waals surface area contributed by atoms with Crippen molar-refractivity contribution in [1.82, 2.24) is 14.8 Å². The highest BCUT2D eigenvalue weighted by molar-refractivity contribution is 6.11. The molecule has 2 heterocycles. The second-order valence-corrected chi connectivity index (χ2v) is 6.92. The topological polar surface area (TPSA) is 71.4 Å². The summed E-state index contributed by atoms with van der Waals surface area (Å²) in [6.45, 7) is 6.49. The lowest BCUT2D eigenvalue weighted by Gasteiger charge is -2.30. The fraction of sp³-hybridized carbons (Fsp3) is 0.611. The molecular weight excluding hydrogens is 306 g/mol. The Morgan fingerprint density at radius 1 is 1.21 bits per heavy atom. The van der Waals surface area contributed by atoms with Crippen LogP contribution in [0.1, 0.15) is 60.8 Å². The van der Waals surface area contributed by atoms with Gasteiger partial charge in [0.1, 0.15) is 5.54 Å². The summed E-state index contributed by atoms with van der Waals surface area (Å²) in [5.41, 5.74) is 1.73. The maximum absolute atomic E-state index is 12.8. The molecule has 1 N–H and O–H groups in total. The molecule has 6 nitrogen and oxygen atoms in total. The van der Waals surface area contributed by atoms with Gasteiger partial charge in [-0.1, -0.05) is 19.3 Å². The van der Waals surface area contributed by atoms with Crippen LogP contribution in [0.25, 0.3) is 0 Å². The van der Waals surface area contributed by atoms with Crippen molar-refractivity contribution in [2.45, 2.75) is 65.0 Å². The van der Waals surface area contributed by atoms with Gasteiger partial charge in [-0.2, -0.15) is 0 Å². The Kier molecular flexibility index (Phi) is 4.24. The summed E-state index contributed by atoms with van der Waals surface area (Å²) in [7, 11) is 0. The fourth-order valence-corrected chi connectivity index (χ4v) is 4.11. The normalized spacial score (nSPS) is 19.9. The minimum absolute atomic E-state index is 0.180. The van der Waals surface area contributed by atoms with Crippen molar-refractivity contribution in [3.05, 3.63) is 23.0 Å². The largest absolute Gasteiger partial charge is 0.349 e. The van der Waals surface area contributed by atoms with Crippen LogP contribution < -0.4 is 5.32 Å². The number of aryl methyl sites for hydroxylation is 1. The van der Waals surface area contributed by atoms with Gasteiger partial charge in [0.25, 0.3) is 5.91 Å². The van der Waals surface area contributed by atoms with Crippen molar-refractivity contribution in [3.63, 3.8) is 0 Å². The van der Waals surface area contributed by atoms with Crippen molar-refractivity contribution in [1.29, 1.82) is 0 Å². The Labute approximate surface area is 142 Å². The van der Waals surface area contributed by atoms with Crippen molar-refractivity contribution in [2.75, 3.05) is 6.54 Å². The minimum atomic E-state index is -0.768. The van der Waals surface area contributed by atoms with Crippen molar-refractivity contribution < 1.29 is 14.4 Å². The first-order valence-corrected chi connectivity index (χ1v) is 8.73. The second-order valence-electron chi connectivity index (χ2n) is 6.92. The van der Waals surface area contributed by atoms with E-state index in [1.165, 1.54) is 0 Å². The third kappa shape index (κ3) is 2.54. The van der Waals surface area contributed by atoms with Crippen LogP contribution >= 0.6 is 0 Å². The van der Waals surface area contributed by atoms with E-state index >= 15 is 0 Å². The number of amides is 3. The van der Waals surface area contributed by atoms with E-state index in [2.05, 4.69) is 9.88 Å². The highest BCUT2D eigenvalue weighted by Crippen LogP contribution is 2.33. The van der Waals surface area contributed by atoms with Crippen molar-refractivity contribution >= 4 is 17.7 Å². The maximum Gasteiger partial charge on any atom is 0.325 e. The molecule has 3 rings (SSSR count). The van der Waals surface area contributed by atoms with Gasteiger partial charge in [-0.15, -0.1) is 0 Å². The van der Waals surface area contributed by atoms with E-state index in [0.717, 1.165) is 42.1 Å². The molecule has 1 aliphatic heterocycles. The van der Waals surface area contributed by atoms with E-state index in [4.69, 9.17) is 0 Å². The number of carbonyl (C=O) groups is 3. The van der Waals surface area contributed by atoms with Gasteiger partial charge in [-0.25, -0.2) is 4.79 Å². The lowest BCUT2D eigenvalue weighted by atomic mass is 9.82. The molecule has 24 heavy (non-hydrogen) atoms. The molecule has 130 valence electrons. The van der Waals surface area contributed by atoms with E-state index in [1.54, 1.807) is 0 Å². The average molecular weight is 331 g/mol. The number of aromatic nitrogens is 1. The maximum atomic E-state index is 12.8. The van der Waals surface area contributed by atoms with Gasteiger partial charge in [0.05, 0.1) is 6.54 Å². The highest BCUT2D eigenvalue weighted by atomic mass is 16.2. The van der Waals surface area contributed by atoms with Crippen LogP contribution in [0, 0.1) is 13.8 Å². The SMILES string of the molecule is CCn1c(C)cc(C(=O)CN2C(=O)NC3(CCCCC3)C2=O)c1C. The number of ketones is 1.